The van der Waals surface area contributed by atoms with Gasteiger partial charge < -0.3 is 15.0 Å². The molecular weight excluding hydrogens is 292 g/mol. The number of para-hydroxylation sites is 1. The van der Waals surface area contributed by atoms with Crippen LogP contribution in [-0.2, 0) is 16.0 Å². The minimum Gasteiger partial charge on any atom is -0.368 e. The number of anilines is 3. The van der Waals surface area contributed by atoms with Crippen LogP contribution in [0.4, 0.5) is 17.3 Å². The number of nitrogens with one attached hydrogen (secondary N) is 1. The number of benzene rings is 1. The lowest BCUT2D eigenvalue weighted by Gasteiger charge is -2.17. The number of aromatic nitrogens is 2. The third kappa shape index (κ3) is 2.77. The second-order valence-electron chi connectivity index (χ2n) is 5.80. The molecule has 0 bridgehead atoms. The van der Waals surface area contributed by atoms with Crippen molar-refractivity contribution in [2.24, 2.45) is 0 Å². The molecule has 6 heteroatoms. The Morgan fingerprint density at radius 1 is 1.22 bits per heavy atom. The molecule has 1 unspecified atom stereocenters. The van der Waals surface area contributed by atoms with Gasteiger partial charge in [0.05, 0.1) is 0 Å². The summed E-state index contributed by atoms with van der Waals surface area (Å²) in [6.45, 7) is 1.55. The first-order chi connectivity index (χ1) is 11.3. The van der Waals surface area contributed by atoms with Crippen molar-refractivity contribution in [3.8, 4) is 0 Å². The maximum absolute atomic E-state index is 12.0. The Morgan fingerprint density at radius 3 is 2.91 bits per heavy atom. The van der Waals surface area contributed by atoms with Crippen LogP contribution in [0.3, 0.4) is 0 Å². The molecule has 1 aromatic heterocycles. The van der Waals surface area contributed by atoms with Gasteiger partial charge in [-0.15, -0.1) is 10.2 Å². The van der Waals surface area contributed by atoms with E-state index in [4.69, 9.17) is 4.74 Å². The van der Waals surface area contributed by atoms with Gasteiger partial charge in [-0.1, -0.05) is 18.2 Å². The summed E-state index contributed by atoms with van der Waals surface area (Å²) in [5.41, 5.74) is 2.50. The first-order valence-corrected chi connectivity index (χ1v) is 7.93. The van der Waals surface area contributed by atoms with E-state index in [-0.39, 0.29) is 12.0 Å². The lowest BCUT2D eigenvalue weighted by Crippen LogP contribution is -2.27. The first-order valence-electron chi connectivity index (χ1n) is 7.93. The van der Waals surface area contributed by atoms with E-state index in [2.05, 4.69) is 38.6 Å². The fourth-order valence-corrected chi connectivity index (χ4v) is 3.10. The minimum atomic E-state index is -0.359. The normalized spacial score (nSPS) is 19.7. The number of ether oxygens (including phenoxy) is 1. The quantitative estimate of drug-likeness (QED) is 0.942. The fraction of sp³-hybridized carbons (Fsp3) is 0.353. The van der Waals surface area contributed by atoms with Crippen molar-refractivity contribution in [1.82, 2.24) is 10.2 Å². The lowest BCUT2D eigenvalue weighted by molar-refractivity contribution is -0.124. The van der Waals surface area contributed by atoms with E-state index >= 15 is 0 Å². The van der Waals surface area contributed by atoms with Gasteiger partial charge in [0.1, 0.15) is 6.10 Å². The van der Waals surface area contributed by atoms with Gasteiger partial charge in [-0.05, 0) is 43.0 Å². The molecule has 2 aromatic rings. The fourth-order valence-electron chi connectivity index (χ4n) is 3.10. The average molecular weight is 310 g/mol. The highest BCUT2D eigenvalue weighted by molar-refractivity contribution is 5.93. The van der Waals surface area contributed by atoms with E-state index in [1.165, 1.54) is 11.3 Å². The van der Waals surface area contributed by atoms with Crippen LogP contribution in [0.15, 0.2) is 36.4 Å². The summed E-state index contributed by atoms with van der Waals surface area (Å²) >= 11 is 0. The maximum atomic E-state index is 12.0. The van der Waals surface area contributed by atoms with Crippen LogP contribution < -0.4 is 10.2 Å². The smallest absolute Gasteiger partial charge is 0.254 e. The van der Waals surface area contributed by atoms with E-state index in [0.29, 0.717) is 12.4 Å². The van der Waals surface area contributed by atoms with Gasteiger partial charge in [0, 0.05) is 18.8 Å². The van der Waals surface area contributed by atoms with Crippen molar-refractivity contribution in [2.45, 2.75) is 25.4 Å². The molecule has 118 valence electrons. The van der Waals surface area contributed by atoms with Crippen LogP contribution in [0, 0.1) is 0 Å². The summed E-state index contributed by atoms with van der Waals surface area (Å²) in [4.78, 5) is 14.2. The second kappa shape index (κ2) is 5.96. The summed E-state index contributed by atoms with van der Waals surface area (Å²) < 4.78 is 5.36. The zero-order valence-corrected chi connectivity index (χ0v) is 12.7. The van der Waals surface area contributed by atoms with Crippen molar-refractivity contribution in [3.05, 3.63) is 42.0 Å². The number of hydrogen-bond donors (Lipinski definition) is 1. The molecule has 0 saturated carbocycles. The van der Waals surface area contributed by atoms with E-state index in [0.717, 1.165) is 31.6 Å². The SMILES string of the molecule is O=C(Nc1ccc(N2CCc3ccccc32)nn1)C1CCCO1. The molecule has 1 saturated heterocycles. The van der Waals surface area contributed by atoms with Crippen molar-refractivity contribution in [2.75, 3.05) is 23.4 Å². The van der Waals surface area contributed by atoms with Gasteiger partial charge in [0.25, 0.3) is 5.91 Å². The van der Waals surface area contributed by atoms with Gasteiger partial charge in [-0.3, -0.25) is 4.79 Å². The third-order valence-electron chi connectivity index (χ3n) is 4.29. The van der Waals surface area contributed by atoms with Gasteiger partial charge in [0.2, 0.25) is 0 Å². The second-order valence-corrected chi connectivity index (χ2v) is 5.80. The molecule has 0 spiro atoms. The minimum absolute atomic E-state index is 0.143. The highest BCUT2D eigenvalue weighted by Gasteiger charge is 2.24. The van der Waals surface area contributed by atoms with Crippen LogP contribution >= 0.6 is 0 Å². The molecule has 0 radical (unpaired) electrons. The Labute approximate surface area is 134 Å². The molecule has 23 heavy (non-hydrogen) atoms. The van der Waals surface area contributed by atoms with Crippen molar-refractivity contribution < 1.29 is 9.53 Å². The molecule has 1 atom stereocenters. The Hall–Kier alpha value is -2.47. The third-order valence-corrected chi connectivity index (χ3v) is 4.29. The first kappa shape index (κ1) is 14.1. The molecule has 1 fully saturated rings. The van der Waals surface area contributed by atoms with Gasteiger partial charge in [0.15, 0.2) is 11.6 Å². The van der Waals surface area contributed by atoms with Crippen LogP contribution in [0.25, 0.3) is 0 Å². The molecule has 0 aliphatic carbocycles. The van der Waals surface area contributed by atoms with Gasteiger partial charge >= 0.3 is 0 Å². The maximum Gasteiger partial charge on any atom is 0.254 e. The molecule has 2 aliphatic heterocycles. The monoisotopic (exact) mass is 310 g/mol. The molecule has 4 rings (SSSR count). The van der Waals surface area contributed by atoms with Gasteiger partial charge in [-0.25, -0.2) is 0 Å². The summed E-state index contributed by atoms with van der Waals surface area (Å²) in [6, 6.07) is 12.0. The Balaban J connectivity index is 1.47. The van der Waals surface area contributed by atoms with Crippen LogP contribution in [-0.4, -0.2) is 35.4 Å². The molecule has 3 heterocycles. The molecular formula is C17H18N4O2. The zero-order valence-electron chi connectivity index (χ0n) is 12.7. The number of carbonyl (C=O) groups excluding carboxylic acids is 1. The molecule has 2 aliphatic rings. The largest absolute Gasteiger partial charge is 0.368 e. The van der Waals surface area contributed by atoms with Crippen LogP contribution in [0.5, 0.6) is 0 Å². The van der Waals surface area contributed by atoms with Crippen molar-refractivity contribution in [1.29, 1.82) is 0 Å². The summed E-state index contributed by atoms with van der Waals surface area (Å²) in [5.74, 6) is 1.11. The number of hydrogen-bond acceptors (Lipinski definition) is 5. The van der Waals surface area contributed by atoms with E-state index in [1.54, 1.807) is 6.07 Å². The number of carbonyl (C=O) groups is 1. The van der Waals surface area contributed by atoms with Crippen molar-refractivity contribution in [3.63, 3.8) is 0 Å². The molecule has 1 aromatic carbocycles. The lowest BCUT2D eigenvalue weighted by atomic mass is 10.2. The zero-order chi connectivity index (χ0) is 15.6. The number of nitrogens with zero attached hydrogens (tertiary/aromatic N) is 3. The molecule has 6 nitrogen and oxygen atoms in total. The Kier molecular flexibility index (Phi) is 3.67. The number of rotatable bonds is 3. The van der Waals surface area contributed by atoms with Crippen LogP contribution in [0.2, 0.25) is 0 Å². The number of fused-ring (bicyclic) bond motifs is 1. The average Bonchev–Trinajstić information content (AvgIpc) is 3.25. The molecule has 1 N–H and O–H groups in total. The predicted molar refractivity (Wildman–Crippen MR) is 86.8 cm³/mol. The summed E-state index contributed by atoms with van der Waals surface area (Å²) in [5, 5.41) is 11.2. The van der Waals surface area contributed by atoms with E-state index < -0.39 is 0 Å². The summed E-state index contributed by atoms with van der Waals surface area (Å²) in [7, 11) is 0. The standard InChI is InChI=1S/C17H18N4O2/c22-17(14-6-3-11-23-14)18-15-7-8-16(20-19-15)21-10-9-12-4-1-2-5-13(12)21/h1-2,4-5,7-8,14H,3,6,9-11H2,(H,18,19,22). The van der Waals surface area contributed by atoms with E-state index in [1.807, 2.05) is 12.1 Å². The highest BCUT2D eigenvalue weighted by Crippen LogP contribution is 2.32. The highest BCUT2D eigenvalue weighted by atomic mass is 16.5. The van der Waals surface area contributed by atoms with Crippen LogP contribution in [0.1, 0.15) is 18.4 Å². The number of amides is 1. The molecule has 1 amide bonds. The van der Waals surface area contributed by atoms with Crippen molar-refractivity contribution >= 4 is 23.2 Å². The Morgan fingerprint density at radius 2 is 2.13 bits per heavy atom. The topological polar surface area (TPSA) is 67.4 Å². The predicted octanol–water partition coefficient (Wildman–Crippen LogP) is 2.29. The Bertz CT molecular complexity index is 711. The van der Waals surface area contributed by atoms with Gasteiger partial charge in [-0.2, -0.15) is 0 Å². The van der Waals surface area contributed by atoms with E-state index in [9.17, 15) is 4.79 Å². The summed E-state index contributed by atoms with van der Waals surface area (Å²) in [6.07, 6.45) is 2.34.